The smallest absolute Gasteiger partial charge is 0.264 e. The standard InChI is InChI=1S/C36H28F2N6O3/c37-25-15-11-21(12-16-25)19-24-7-3-9-28-31(24)40-44(33(28)23-13-17-26(38)18-14-23)30(45)20-42-34-32(39-41-42)35(46)43(36(34)47)29-10-4-6-22-5-1-2-8-27(22)29/h1-2,4-6,8,10-19,28,32-34H,3,7,9,20H2/b24-19+/t28-,32+,33+,34+/m0/s1. The van der Waals surface area contributed by atoms with Crippen LogP contribution >= 0.6 is 0 Å². The number of imide groups is 1. The normalized spacial score (nSPS) is 24.3. The molecule has 3 aliphatic heterocycles. The van der Waals surface area contributed by atoms with Crippen LogP contribution in [0.25, 0.3) is 16.8 Å². The van der Waals surface area contributed by atoms with Gasteiger partial charge in [-0.15, -0.1) is 0 Å². The summed E-state index contributed by atoms with van der Waals surface area (Å²) in [5.74, 6) is -2.32. The minimum Gasteiger partial charge on any atom is -0.271 e. The van der Waals surface area contributed by atoms with Crippen LogP contribution in [0.4, 0.5) is 14.5 Å². The molecular formula is C36H28F2N6O3. The van der Waals surface area contributed by atoms with Gasteiger partial charge in [-0.2, -0.15) is 10.2 Å². The van der Waals surface area contributed by atoms with Crippen LogP contribution in [0.2, 0.25) is 0 Å². The molecule has 4 aromatic rings. The van der Waals surface area contributed by atoms with E-state index < -0.39 is 41.7 Å². The van der Waals surface area contributed by atoms with Crippen molar-refractivity contribution in [3.63, 3.8) is 0 Å². The number of benzene rings is 4. The number of carbonyl (C=O) groups is 3. The number of halogens is 2. The van der Waals surface area contributed by atoms with Crippen LogP contribution in [0.3, 0.4) is 0 Å². The molecule has 3 heterocycles. The highest BCUT2D eigenvalue weighted by molar-refractivity contribution is 6.27. The third-order valence-electron chi connectivity index (χ3n) is 9.34. The SMILES string of the molecule is O=C1[C@@H]2N=NN(CC(=O)N3N=C4/C(=C/c5ccc(F)cc5)CCC[C@@H]4[C@H]3c3ccc(F)cc3)[C@H]2C(=O)N1c1cccc2ccccc12. The zero-order chi connectivity index (χ0) is 32.2. The van der Waals surface area contributed by atoms with Crippen molar-refractivity contribution in [2.75, 3.05) is 11.4 Å². The highest BCUT2D eigenvalue weighted by Gasteiger charge is 2.56. The molecule has 2 fully saturated rings. The molecule has 0 bridgehead atoms. The summed E-state index contributed by atoms with van der Waals surface area (Å²) >= 11 is 0. The second kappa shape index (κ2) is 11.3. The first-order valence-corrected chi connectivity index (χ1v) is 15.5. The molecule has 11 heteroatoms. The molecular weight excluding hydrogens is 602 g/mol. The van der Waals surface area contributed by atoms with Crippen LogP contribution in [0, 0.1) is 17.6 Å². The number of hydrazone groups is 1. The Morgan fingerprint density at radius 3 is 2.36 bits per heavy atom. The summed E-state index contributed by atoms with van der Waals surface area (Å²) in [5.41, 5.74) is 3.69. The van der Waals surface area contributed by atoms with E-state index >= 15 is 0 Å². The Bertz CT molecular complexity index is 2020. The van der Waals surface area contributed by atoms with Crippen LogP contribution in [-0.2, 0) is 14.4 Å². The van der Waals surface area contributed by atoms with Crippen molar-refractivity contribution in [1.82, 2.24) is 10.0 Å². The Kier molecular flexibility index (Phi) is 6.96. The summed E-state index contributed by atoms with van der Waals surface area (Å²) in [4.78, 5) is 42.6. The van der Waals surface area contributed by atoms with Gasteiger partial charge in [0.25, 0.3) is 17.7 Å². The second-order valence-electron chi connectivity index (χ2n) is 12.1. The van der Waals surface area contributed by atoms with Crippen molar-refractivity contribution >= 4 is 46.0 Å². The Hall–Kier alpha value is -5.58. The first kappa shape index (κ1) is 28.9. The lowest BCUT2D eigenvalue weighted by Crippen LogP contribution is -2.45. The van der Waals surface area contributed by atoms with Crippen LogP contribution in [0.15, 0.2) is 112 Å². The van der Waals surface area contributed by atoms with Gasteiger partial charge in [0.2, 0.25) is 0 Å². The highest BCUT2D eigenvalue weighted by Crippen LogP contribution is 2.45. The fourth-order valence-electron chi connectivity index (χ4n) is 7.17. The number of rotatable bonds is 5. The van der Waals surface area contributed by atoms with E-state index in [2.05, 4.69) is 10.3 Å². The van der Waals surface area contributed by atoms with E-state index in [9.17, 15) is 23.2 Å². The van der Waals surface area contributed by atoms with Gasteiger partial charge in [0.1, 0.15) is 18.2 Å². The van der Waals surface area contributed by atoms with E-state index in [0.29, 0.717) is 5.69 Å². The molecule has 0 spiro atoms. The minimum atomic E-state index is -1.07. The number of hydrogen-bond donors (Lipinski definition) is 0. The molecule has 0 aromatic heterocycles. The molecule has 1 saturated heterocycles. The van der Waals surface area contributed by atoms with Gasteiger partial charge in [-0.05, 0) is 77.8 Å². The van der Waals surface area contributed by atoms with Gasteiger partial charge in [-0.3, -0.25) is 19.4 Å². The summed E-state index contributed by atoms with van der Waals surface area (Å²) < 4.78 is 27.5. The number of carbonyl (C=O) groups excluding carboxylic acids is 3. The Labute approximate surface area is 268 Å². The van der Waals surface area contributed by atoms with Crippen molar-refractivity contribution in [3.8, 4) is 0 Å². The molecule has 4 atom stereocenters. The molecule has 3 amide bonds. The van der Waals surface area contributed by atoms with Gasteiger partial charge in [0, 0.05) is 11.3 Å². The number of anilines is 1. The maximum atomic E-state index is 14.1. The van der Waals surface area contributed by atoms with Gasteiger partial charge >= 0.3 is 0 Å². The largest absolute Gasteiger partial charge is 0.271 e. The Morgan fingerprint density at radius 1 is 0.851 bits per heavy atom. The molecule has 4 aliphatic rings. The predicted octanol–water partition coefficient (Wildman–Crippen LogP) is 6.23. The fraction of sp³-hybridized carbons (Fsp3) is 0.222. The third-order valence-corrected chi connectivity index (χ3v) is 9.34. The van der Waals surface area contributed by atoms with Gasteiger partial charge in [-0.25, -0.2) is 18.7 Å². The first-order chi connectivity index (χ1) is 22.9. The summed E-state index contributed by atoms with van der Waals surface area (Å²) in [6.07, 6.45) is 4.30. The maximum absolute atomic E-state index is 14.1. The molecule has 1 saturated carbocycles. The van der Waals surface area contributed by atoms with Crippen molar-refractivity contribution < 1.29 is 23.2 Å². The summed E-state index contributed by atoms with van der Waals surface area (Å²) in [6.45, 7) is -0.342. The maximum Gasteiger partial charge on any atom is 0.264 e. The number of allylic oxidation sites excluding steroid dienone is 1. The zero-order valence-corrected chi connectivity index (χ0v) is 25.0. The lowest BCUT2D eigenvalue weighted by Gasteiger charge is -2.30. The van der Waals surface area contributed by atoms with Crippen molar-refractivity contribution in [1.29, 1.82) is 0 Å². The molecule has 47 heavy (non-hydrogen) atoms. The molecule has 0 radical (unpaired) electrons. The number of amides is 3. The fourth-order valence-corrected chi connectivity index (χ4v) is 7.17. The number of fused-ring (bicyclic) bond motifs is 3. The molecule has 4 aromatic carbocycles. The van der Waals surface area contributed by atoms with Gasteiger partial charge in [0.05, 0.1) is 17.4 Å². The predicted molar refractivity (Wildman–Crippen MR) is 171 cm³/mol. The molecule has 1 aliphatic carbocycles. The van der Waals surface area contributed by atoms with Crippen molar-refractivity contribution in [2.24, 2.45) is 21.4 Å². The quantitative estimate of drug-likeness (QED) is 0.244. The molecule has 0 unspecified atom stereocenters. The average Bonchev–Trinajstić information content (AvgIpc) is 3.75. The Morgan fingerprint density at radius 2 is 1.57 bits per heavy atom. The average molecular weight is 631 g/mol. The van der Waals surface area contributed by atoms with Gasteiger partial charge in [-0.1, -0.05) is 65.9 Å². The van der Waals surface area contributed by atoms with E-state index in [4.69, 9.17) is 5.10 Å². The molecule has 234 valence electrons. The number of hydrogen-bond acceptors (Lipinski definition) is 7. The van der Waals surface area contributed by atoms with E-state index in [0.717, 1.165) is 57.3 Å². The Balaban J connectivity index is 1.10. The van der Waals surface area contributed by atoms with E-state index in [1.54, 1.807) is 36.4 Å². The van der Waals surface area contributed by atoms with Crippen LogP contribution in [-0.4, -0.2) is 52.1 Å². The lowest BCUT2D eigenvalue weighted by molar-refractivity contribution is -0.136. The number of nitrogens with zero attached hydrogens (tertiary/aromatic N) is 6. The molecule has 9 nitrogen and oxygen atoms in total. The summed E-state index contributed by atoms with van der Waals surface area (Å²) in [5, 5.41) is 17.4. The van der Waals surface area contributed by atoms with Crippen molar-refractivity contribution in [3.05, 3.63) is 119 Å². The monoisotopic (exact) mass is 630 g/mol. The van der Waals surface area contributed by atoms with Gasteiger partial charge < -0.3 is 0 Å². The topological polar surface area (TPSA) is 98.0 Å². The summed E-state index contributed by atoms with van der Waals surface area (Å²) in [6, 6.07) is 22.5. The third kappa shape index (κ3) is 4.89. The molecule has 0 N–H and O–H groups in total. The molecule has 8 rings (SSSR count). The van der Waals surface area contributed by atoms with E-state index in [-0.39, 0.29) is 18.3 Å². The summed E-state index contributed by atoms with van der Waals surface area (Å²) in [7, 11) is 0. The van der Waals surface area contributed by atoms with Crippen molar-refractivity contribution in [2.45, 2.75) is 37.4 Å². The van der Waals surface area contributed by atoms with Crippen LogP contribution in [0.5, 0.6) is 0 Å². The highest BCUT2D eigenvalue weighted by atomic mass is 19.1. The van der Waals surface area contributed by atoms with E-state index in [1.807, 2.05) is 36.4 Å². The van der Waals surface area contributed by atoms with Crippen LogP contribution in [0.1, 0.15) is 36.4 Å². The van der Waals surface area contributed by atoms with Crippen LogP contribution < -0.4 is 4.90 Å². The minimum absolute atomic E-state index is 0.158. The first-order valence-electron chi connectivity index (χ1n) is 15.5. The van der Waals surface area contributed by atoms with Gasteiger partial charge in [0.15, 0.2) is 12.1 Å². The lowest BCUT2D eigenvalue weighted by atomic mass is 9.77. The second-order valence-corrected chi connectivity index (χ2v) is 12.1. The van der Waals surface area contributed by atoms with E-state index in [1.165, 1.54) is 34.3 Å². The zero-order valence-electron chi connectivity index (χ0n) is 25.0.